The standard InChI is InChI=1S/C14H20ClNS/c15-12-5-4-6-13(11-12)16-9-10-17-14-7-2-1-3-8-14/h4-6,11,14,16H,1-3,7-10H2. The number of hydrogen-bond donors (Lipinski definition) is 1. The molecule has 0 heterocycles. The minimum absolute atomic E-state index is 0.801. The molecule has 0 spiro atoms. The molecule has 1 nitrogen and oxygen atoms in total. The van der Waals surface area contributed by atoms with Crippen LogP contribution in [0.3, 0.4) is 0 Å². The van der Waals surface area contributed by atoms with E-state index in [4.69, 9.17) is 11.6 Å². The van der Waals surface area contributed by atoms with Crippen LogP contribution in [-0.4, -0.2) is 17.5 Å². The van der Waals surface area contributed by atoms with Gasteiger partial charge in [0.2, 0.25) is 0 Å². The molecule has 0 bridgehead atoms. The van der Waals surface area contributed by atoms with Crippen LogP contribution in [0.15, 0.2) is 24.3 Å². The summed E-state index contributed by atoms with van der Waals surface area (Å²) in [6, 6.07) is 7.94. The fraction of sp³-hybridized carbons (Fsp3) is 0.571. The number of halogens is 1. The molecule has 0 aromatic heterocycles. The summed E-state index contributed by atoms with van der Waals surface area (Å²) in [6.07, 6.45) is 7.14. The van der Waals surface area contributed by atoms with Crippen molar-refractivity contribution in [2.45, 2.75) is 37.4 Å². The molecular formula is C14H20ClNS. The van der Waals surface area contributed by atoms with E-state index < -0.39 is 0 Å². The highest BCUT2D eigenvalue weighted by atomic mass is 35.5. The Morgan fingerprint density at radius 1 is 1.24 bits per heavy atom. The molecule has 17 heavy (non-hydrogen) atoms. The third kappa shape index (κ3) is 4.81. The third-order valence-corrected chi connectivity index (χ3v) is 4.78. The van der Waals surface area contributed by atoms with Gasteiger partial charge in [0.15, 0.2) is 0 Å². The summed E-state index contributed by atoms with van der Waals surface area (Å²) in [5, 5.41) is 5.13. The molecule has 0 radical (unpaired) electrons. The zero-order valence-electron chi connectivity index (χ0n) is 10.1. The average Bonchev–Trinajstić information content (AvgIpc) is 2.36. The van der Waals surface area contributed by atoms with Crippen molar-refractivity contribution in [1.29, 1.82) is 0 Å². The Labute approximate surface area is 113 Å². The Morgan fingerprint density at radius 3 is 2.82 bits per heavy atom. The maximum atomic E-state index is 5.93. The first kappa shape index (κ1) is 13.1. The summed E-state index contributed by atoms with van der Waals surface area (Å²) in [5.41, 5.74) is 1.13. The van der Waals surface area contributed by atoms with Crippen molar-refractivity contribution in [2.75, 3.05) is 17.6 Å². The number of anilines is 1. The molecule has 0 aliphatic heterocycles. The molecule has 1 saturated carbocycles. The molecule has 1 aliphatic rings. The van der Waals surface area contributed by atoms with Gasteiger partial charge < -0.3 is 5.32 Å². The number of thioether (sulfide) groups is 1. The lowest BCUT2D eigenvalue weighted by Crippen LogP contribution is -2.12. The number of rotatable bonds is 5. The monoisotopic (exact) mass is 269 g/mol. The van der Waals surface area contributed by atoms with E-state index in [9.17, 15) is 0 Å². The summed E-state index contributed by atoms with van der Waals surface area (Å²) in [7, 11) is 0. The summed E-state index contributed by atoms with van der Waals surface area (Å²) in [6.45, 7) is 1.03. The lowest BCUT2D eigenvalue weighted by atomic mass is 10.0. The molecule has 1 aromatic carbocycles. The van der Waals surface area contributed by atoms with Crippen LogP contribution in [0.2, 0.25) is 5.02 Å². The van der Waals surface area contributed by atoms with Gasteiger partial charge in [-0.15, -0.1) is 0 Å². The Hall–Kier alpha value is -0.340. The molecule has 1 aromatic rings. The SMILES string of the molecule is Clc1cccc(NCCSC2CCCCC2)c1. The second-order valence-electron chi connectivity index (χ2n) is 4.57. The summed E-state index contributed by atoms with van der Waals surface area (Å²) < 4.78 is 0. The van der Waals surface area contributed by atoms with E-state index in [1.807, 2.05) is 18.2 Å². The summed E-state index contributed by atoms with van der Waals surface area (Å²) in [5.74, 6) is 1.19. The first-order valence-electron chi connectivity index (χ1n) is 6.45. The van der Waals surface area contributed by atoms with Crippen LogP contribution >= 0.6 is 23.4 Å². The first-order chi connectivity index (χ1) is 8.34. The summed E-state index contributed by atoms with van der Waals surface area (Å²) in [4.78, 5) is 0. The van der Waals surface area contributed by atoms with Gasteiger partial charge in [0.05, 0.1) is 0 Å². The number of nitrogens with one attached hydrogen (secondary N) is 1. The van der Waals surface area contributed by atoms with Gasteiger partial charge in [-0.2, -0.15) is 11.8 Å². The van der Waals surface area contributed by atoms with Crippen LogP contribution in [0.25, 0.3) is 0 Å². The minimum atomic E-state index is 0.801. The normalized spacial score (nSPS) is 17.0. The van der Waals surface area contributed by atoms with Gasteiger partial charge in [-0.05, 0) is 31.0 Å². The van der Waals surface area contributed by atoms with Crippen LogP contribution in [0.5, 0.6) is 0 Å². The zero-order chi connectivity index (χ0) is 11.9. The number of benzene rings is 1. The molecule has 0 saturated heterocycles. The van der Waals surface area contributed by atoms with E-state index in [1.165, 1.54) is 37.9 Å². The third-order valence-electron chi connectivity index (χ3n) is 3.16. The minimum Gasteiger partial charge on any atom is -0.384 e. The lowest BCUT2D eigenvalue weighted by Gasteiger charge is -2.21. The van der Waals surface area contributed by atoms with Gasteiger partial charge in [-0.1, -0.05) is 36.9 Å². The van der Waals surface area contributed by atoms with Gasteiger partial charge in [0, 0.05) is 28.3 Å². The second kappa shape index (κ2) is 7.17. The van der Waals surface area contributed by atoms with E-state index in [1.54, 1.807) is 0 Å². The maximum Gasteiger partial charge on any atom is 0.0426 e. The fourth-order valence-corrected chi connectivity index (χ4v) is 3.66. The molecule has 0 amide bonds. The summed E-state index contributed by atoms with van der Waals surface area (Å²) >= 11 is 8.06. The predicted octanol–water partition coefficient (Wildman–Crippen LogP) is 4.82. The largest absolute Gasteiger partial charge is 0.384 e. The van der Waals surface area contributed by atoms with Crippen molar-refractivity contribution in [3.05, 3.63) is 29.3 Å². The van der Waals surface area contributed by atoms with E-state index in [0.717, 1.165) is 22.5 Å². The molecule has 2 rings (SSSR count). The van der Waals surface area contributed by atoms with Crippen molar-refractivity contribution in [3.8, 4) is 0 Å². The Kier molecular flexibility index (Phi) is 5.53. The molecule has 1 N–H and O–H groups in total. The van der Waals surface area contributed by atoms with Crippen molar-refractivity contribution >= 4 is 29.1 Å². The smallest absolute Gasteiger partial charge is 0.0426 e. The van der Waals surface area contributed by atoms with Crippen LogP contribution in [0, 0.1) is 0 Å². The fourth-order valence-electron chi connectivity index (χ4n) is 2.25. The lowest BCUT2D eigenvalue weighted by molar-refractivity contribution is 0.516. The molecule has 1 fully saturated rings. The number of hydrogen-bond acceptors (Lipinski definition) is 2. The van der Waals surface area contributed by atoms with Gasteiger partial charge in [0.1, 0.15) is 0 Å². The molecule has 1 aliphatic carbocycles. The van der Waals surface area contributed by atoms with E-state index >= 15 is 0 Å². The Bertz CT molecular complexity index is 337. The molecular weight excluding hydrogens is 250 g/mol. The van der Waals surface area contributed by atoms with E-state index in [0.29, 0.717) is 0 Å². The van der Waals surface area contributed by atoms with Crippen molar-refractivity contribution in [3.63, 3.8) is 0 Å². The highest BCUT2D eigenvalue weighted by Crippen LogP contribution is 2.28. The molecule has 94 valence electrons. The van der Waals surface area contributed by atoms with E-state index in [-0.39, 0.29) is 0 Å². The zero-order valence-corrected chi connectivity index (χ0v) is 11.7. The van der Waals surface area contributed by atoms with Gasteiger partial charge in [0.25, 0.3) is 0 Å². The molecule has 3 heteroatoms. The topological polar surface area (TPSA) is 12.0 Å². The van der Waals surface area contributed by atoms with Crippen LogP contribution in [-0.2, 0) is 0 Å². The van der Waals surface area contributed by atoms with Gasteiger partial charge in [-0.3, -0.25) is 0 Å². The van der Waals surface area contributed by atoms with Crippen LogP contribution in [0.4, 0.5) is 5.69 Å². The highest BCUT2D eigenvalue weighted by Gasteiger charge is 2.12. The average molecular weight is 270 g/mol. The first-order valence-corrected chi connectivity index (χ1v) is 7.88. The molecule has 0 unspecified atom stereocenters. The van der Waals surface area contributed by atoms with Gasteiger partial charge >= 0.3 is 0 Å². The van der Waals surface area contributed by atoms with Crippen molar-refractivity contribution in [1.82, 2.24) is 0 Å². The van der Waals surface area contributed by atoms with Crippen LogP contribution in [0.1, 0.15) is 32.1 Å². The van der Waals surface area contributed by atoms with Gasteiger partial charge in [-0.25, -0.2) is 0 Å². The van der Waals surface area contributed by atoms with E-state index in [2.05, 4.69) is 23.1 Å². The van der Waals surface area contributed by atoms with Crippen molar-refractivity contribution in [2.24, 2.45) is 0 Å². The highest BCUT2D eigenvalue weighted by molar-refractivity contribution is 7.99. The Balaban J connectivity index is 1.62. The second-order valence-corrected chi connectivity index (χ2v) is 6.41. The van der Waals surface area contributed by atoms with Crippen LogP contribution < -0.4 is 5.32 Å². The predicted molar refractivity (Wildman–Crippen MR) is 79.3 cm³/mol. The van der Waals surface area contributed by atoms with Crippen molar-refractivity contribution < 1.29 is 0 Å². The Morgan fingerprint density at radius 2 is 2.06 bits per heavy atom. The quantitative estimate of drug-likeness (QED) is 0.770. The molecule has 0 atom stereocenters. The maximum absolute atomic E-state index is 5.93.